The number of hydrogen-bond acceptors (Lipinski definition) is 6. The van der Waals surface area contributed by atoms with E-state index in [1.165, 1.54) is 18.2 Å². The SMILES string of the molecule is OCCCCCNc1nnc(-c2ccc(F)c(F)c2Nc2ccc(I)cc2F)o1. The van der Waals surface area contributed by atoms with Crippen molar-refractivity contribution in [2.45, 2.75) is 19.3 Å². The Morgan fingerprint density at radius 2 is 1.83 bits per heavy atom. The molecule has 29 heavy (non-hydrogen) atoms. The third-order valence-corrected chi connectivity index (χ3v) is 4.72. The molecule has 0 aliphatic carbocycles. The van der Waals surface area contributed by atoms with E-state index < -0.39 is 17.5 Å². The number of hydrogen-bond donors (Lipinski definition) is 3. The fraction of sp³-hybridized carbons (Fsp3) is 0.263. The Kier molecular flexibility index (Phi) is 7.31. The normalized spacial score (nSPS) is 10.9. The predicted molar refractivity (Wildman–Crippen MR) is 111 cm³/mol. The topological polar surface area (TPSA) is 83.2 Å². The van der Waals surface area contributed by atoms with Gasteiger partial charge in [0, 0.05) is 16.7 Å². The van der Waals surface area contributed by atoms with Crippen LogP contribution in [0.1, 0.15) is 19.3 Å². The summed E-state index contributed by atoms with van der Waals surface area (Å²) in [5.74, 6) is -2.93. The van der Waals surface area contributed by atoms with Gasteiger partial charge in [0.25, 0.3) is 5.89 Å². The fourth-order valence-electron chi connectivity index (χ4n) is 2.59. The van der Waals surface area contributed by atoms with Gasteiger partial charge in [0.05, 0.1) is 16.9 Å². The number of aliphatic hydroxyl groups excluding tert-OH is 1. The number of unbranched alkanes of at least 4 members (excludes halogenated alkanes) is 2. The van der Waals surface area contributed by atoms with Gasteiger partial charge in [-0.3, -0.25) is 0 Å². The first-order valence-electron chi connectivity index (χ1n) is 8.88. The average Bonchev–Trinajstić information content (AvgIpc) is 3.16. The van der Waals surface area contributed by atoms with Crippen LogP contribution in [0.15, 0.2) is 34.7 Å². The lowest BCUT2D eigenvalue weighted by atomic mass is 10.1. The van der Waals surface area contributed by atoms with Crippen LogP contribution in [0.3, 0.4) is 0 Å². The number of nitrogens with one attached hydrogen (secondary N) is 2. The summed E-state index contributed by atoms with van der Waals surface area (Å²) < 4.78 is 48.6. The Morgan fingerprint density at radius 1 is 1.00 bits per heavy atom. The van der Waals surface area contributed by atoms with E-state index in [9.17, 15) is 13.2 Å². The number of rotatable bonds is 9. The number of nitrogens with zero attached hydrogens (tertiary/aromatic N) is 2. The highest BCUT2D eigenvalue weighted by atomic mass is 127. The van der Waals surface area contributed by atoms with Crippen molar-refractivity contribution in [3.63, 3.8) is 0 Å². The number of aromatic nitrogens is 2. The molecule has 0 fully saturated rings. The van der Waals surface area contributed by atoms with Crippen LogP contribution in [-0.4, -0.2) is 28.5 Å². The van der Waals surface area contributed by atoms with Crippen LogP contribution in [-0.2, 0) is 0 Å². The smallest absolute Gasteiger partial charge is 0.315 e. The second kappa shape index (κ2) is 9.92. The van der Waals surface area contributed by atoms with Crippen LogP contribution < -0.4 is 10.6 Å². The number of benzene rings is 2. The van der Waals surface area contributed by atoms with Gasteiger partial charge in [0.1, 0.15) is 5.82 Å². The first-order chi connectivity index (χ1) is 14.0. The molecule has 0 aliphatic heterocycles. The molecule has 0 radical (unpaired) electrons. The van der Waals surface area contributed by atoms with Crippen molar-refractivity contribution in [1.82, 2.24) is 10.2 Å². The summed E-state index contributed by atoms with van der Waals surface area (Å²) in [5.41, 5.74) is -0.219. The van der Waals surface area contributed by atoms with Crippen molar-refractivity contribution in [3.05, 3.63) is 51.4 Å². The molecule has 0 atom stereocenters. The monoisotopic (exact) mass is 518 g/mol. The van der Waals surface area contributed by atoms with E-state index in [0.717, 1.165) is 18.9 Å². The lowest BCUT2D eigenvalue weighted by Gasteiger charge is -2.12. The molecule has 3 aromatic rings. The summed E-state index contributed by atoms with van der Waals surface area (Å²) in [5, 5.41) is 22.0. The van der Waals surface area contributed by atoms with Crippen molar-refractivity contribution in [2.75, 3.05) is 23.8 Å². The minimum Gasteiger partial charge on any atom is -0.403 e. The minimum absolute atomic E-state index is 0.0158. The maximum Gasteiger partial charge on any atom is 0.315 e. The molecular weight excluding hydrogens is 500 g/mol. The first-order valence-corrected chi connectivity index (χ1v) is 9.96. The molecule has 0 aliphatic rings. The van der Waals surface area contributed by atoms with Crippen LogP contribution in [0.2, 0.25) is 0 Å². The van der Waals surface area contributed by atoms with Crippen LogP contribution in [0.25, 0.3) is 11.5 Å². The van der Waals surface area contributed by atoms with E-state index >= 15 is 0 Å². The molecule has 10 heteroatoms. The van der Waals surface area contributed by atoms with Gasteiger partial charge in [0.15, 0.2) is 11.6 Å². The van der Waals surface area contributed by atoms with Crippen molar-refractivity contribution in [3.8, 4) is 11.5 Å². The average molecular weight is 518 g/mol. The molecule has 1 heterocycles. The number of anilines is 3. The van der Waals surface area contributed by atoms with Gasteiger partial charge in [-0.25, -0.2) is 13.2 Å². The molecule has 3 N–H and O–H groups in total. The molecule has 0 amide bonds. The quantitative estimate of drug-likeness (QED) is 0.271. The molecule has 0 bridgehead atoms. The van der Waals surface area contributed by atoms with Gasteiger partial charge in [-0.15, -0.1) is 5.10 Å². The molecule has 0 saturated carbocycles. The van der Waals surface area contributed by atoms with Gasteiger partial charge in [0.2, 0.25) is 0 Å². The molecule has 2 aromatic carbocycles. The van der Waals surface area contributed by atoms with Gasteiger partial charge in [-0.1, -0.05) is 5.10 Å². The van der Waals surface area contributed by atoms with Crippen LogP contribution in [0, 0.1) is 21.0 Å². The van der Waals surface area contributed by atoms with Crippen LogP contribution in [0.5, 0.6) is 0 Å². The van der Waals surface area contributed by atoms with Gasteiger partial charge in [-0.05, 0) is 72.2 Å². The second-order valence-corrected chi connectivity index (χ2v) is 7.40. The Hall–Kier alpha value is -2.34. The standard InChI is InChI=1S/C19H18F3IN4O2/c20-13-6-5-12(18-26-27-19(29-18)24-8-2-1-3-9-28)17(16(13)22)25-15-7-4-11(23)10-14(15)21/h4-7,10,25,28H,1-3,8-9H2,(H,24,27). The number of aliphatic hydroxyl groups is 1. The molecule has 154 valence electrons. The summed E-state index contributed by atoms with van der Waals surface area (Å²) in [6.07, 6.45) is 2.33. The van der Waals surface area contributed by atoms with E-state index in [4.69, 9.17) is 9.52 Å². The Labute approximate surface area is 178 Å². The molecular formula is C19H18F3IN4O2. The highest BCUT2D eigenvalue weighted by molar-refractivity contribution is 14.1. The van der Waals surface area contributed by atoms with Crippen molar-refractivity contribution >= 4 is 40.0 Å². The third-order valence-electron chi connectivity index (χ3n) is 4.05. The summed E-state index contributed by atoms with van der Waals surface area (Å²) >= 11 is 1.95. The summed E-state index contributed by atoms with van der Waals surface area (Å²) in [6, 6.07) is 6.67. The lowest BCUT2D eigenvalue weighted by Crippen LogP contribution is -2.02. The highest BCUT2D eigenvalue weighted by Crippen LogP contribution is 2.34. The third kappa shape index (κ3) is 5.38. The highest BCUT2D eigenvalue weighted by Gasteiger charge is 2.20. The van der Waals surface area contributed by atoms with Crippen molar-refractivity contribution < 1.29 is 22.7 Å². The van der Waals surface area contributed by atoms with Crippen LogP contribution >= 0.6 is 22.6 Å². The molecule has 0 saturated heterocycles. The Bertz CT molecular complexity index is 984. The largest absolute Gasteiger partial charge is 0.403 e. The maximum atomic E-state index is 14.5. The second-order valence-electron chi connectivity index (χ2n) is 6.16. The minimum atomic E-state index is -1.18. The zero-order valence-electron chi connectivity index (χ0n) is 15.2. The van der Waals surface area contributed by atoms with Crippen LogP contribution in [0.4, 0.5) is 30.6 Å². The molecule has 0 unspecified atom stereocenters. The van der Waals surface area contributed by atoms with E-state index in [1.54, 1.807) is 6.07 Å². The molecule has 3 rings (SSSR count). The van der Waals surface area contributed by atoms with Crippen molar-refractivity contribution in [2.24, 2.45) is 0 Å². The van der Waals surface area contributed by atoms with E-state index in [1.807, 2.05) is 22.6 Å². The lowest BCUT2D eigenvalue weighted by molar-refractivity contribution is 0.283. The Balaban J connectivity index is 1.84. The first kappa shape index (κ1) is 21.4. The van der Waals surface area contributed by atoms with Gasteiger partial charge >= 0.3 is 6.01 Å². The molecule has 0 spiro atoms. The predicted octanol–water partition coefficient (Wildman–Crippen LogP) is 5.08. The zero-order valence-corrected chi connectivity index (χ0v) is 17.3. The summed E-state index contributed by atoms with van der Waals surface area (Å²) in [7, 11) is 0. The molecule has 1 aromatic heterocycles. The van der Waals surface area contributed by atoms with E-state index in [2.05, 4.69) is 20.8 Å². The number of halogens is 4. The molecule has 6 nitrogen and oxygen atoms in total. The van der Waals surface area contributed by atoms with Gasteiger partial charge in [-0.2, -0.15) is 0 Å². The summed E-state index contributed by atoms with van der Waals surface area (Å²) in [6.45, 7) is 0.691. The zero-order chi connectivity index (χ0) is 20.8. The summed E-state index contributed by atoms with van der Waals surface area (Å²) in [4.78, 5) is 0. The maximum absolute atomic E-state index is 14.5. The van der Waals surface area contributed by atoms with E-state index in [-0.39, 0.29) is 35.5 Å². The van der Waals surface area contributed by atoms with Gasteiger partial charge < -0.3 is 20.2 Å². The van der Waals surface area contributed by atoms with Crippen molar-refractivity contribution in [1.29, 1.82) is 0 Å². The Morgan fingerprint density at radius 3 is 2.59 bits per heavy atom. The van der Waals surface area contributed by atoms with E-state index in [0.29, 0.717) is 16.5 Å². The fourth-order valence-corrected chi connectivity index (χ4v) is 3.04.